The Morgan fingerprint density at radius 2 is 1.87 bits per heavy atom. The Kier molecular flexibility index (Phi) is 5.74. The fraction of sp³-hybridized carbons (Fsp3) is 0.174. The van der Waals surface area contributed by atoms with Crippen molar-refractivity contribution in [2.45, 2.75) is 0 Å². The normalized spacial score (nSPS) is 11.2. The minimum atomic E-state index is -0.0750. The predicted molar refractivity (Wildman–Crippen MR) is 124 cm³/mol. The van der Waals surface area contributed by atoms with Gasteiger partial charge in [0, 0.05) is 30.4 Å². The number of amides is 1. The van der Waals surface area contributed by atoms with E-state index in [2.05, 4.69) is 10.3 Å². The monoisotopic (exact) mass is 417 g/mol. The quantitative estimate of drug-likeness (QED) is 0.497. The summed E-state index contributed by atoms with van der Waals surface area (Å²) in [6.07, 6.45) is 1.75. The molecule has 0 aliphatic carbocycles. The number of nitrogens with zero attached hydrogens (tertiary/aromatic N) is 3. The highest BCUT2D eigenvalue weighted by Gasteiger charge is 2.12. The molecule has 2 heterocycles. The molecule has 2 aromatic heterocycles. The summed E-state index contributed by atoms with van der Waals surface area (Å²) >= 11 is 1.60. The molecule has 6 nitrogen and oxygen atoms in total. The lowest BCUT2D eigenvalue weighted by atomic mass is 10.0. The van der Waals surface area contributed by atoms with Crippen LogP contribution in [0, 0.1) is 0 Å². The Labute approximate surface area is 179 Å². The summed E-state index contributed by atoms with van der Waals surface area (Å²) in [5, 5.41) is 3.77. The van der Waals surface area contributed by atoms with Crippen LogP contribution in [0.5, 0.6) is 0 Å². The fourth-order valence-electron chi connectivity index (χ4n) is 3.10. The first kappa shape index (κ1) is 20.0. The van der Waals surface area contributed by atoms with E-state index in [1.54, 1.807) is 17.5 Å². The Bertz CT molecular complexity index is 1150. The zero-order chi connectivity index (χ0) is 21.1. The van der Waals surface area contributed by atoms with Crippen molar-refractivity contribution < 1.29 is 4.79 Å². The standard InChI is InChI=1S/C23H23N5OS/c1-28(2)12-11-25-22(29)16-9-7-15(8-10-16)17-13-18(21(24)26-14-17)23-27-19-5-3-4-6-20(19)30-23/h3-10,13-14H,11-12H2,1-2H3,(H2,24,26)(H,25,29). The Hall–Kier alpha value is -3.29. The van der Waals surface area contributed by atoms with Gasteiger partial charge in [0.1, 0.15) is 10.8 Å². The van der Waals surface area contributed by atoms with Crippen molar-refractivity contribution in [1.82, 2.24) is 20.2 Å². The number of likely N-dealkylation sites (N-methyl/N-ethyl adjacent to an activating group) is 1. The van der Waals surface area contributed by atoms with Crippen LogP contribution in [0.3, 0.4) is 0 Å². The van der Waals surface area contributed by atoms with Gasteiger partial charge in [0.05, 0.1) is 15.8 Å². The van der Waals surface area contributed by atoms with Gasteiger partial charge in [-0.15, -0.1) is 11.3 Å². The van der Waals surface area contributed by atoms with Crippen LogP contribution in [-0.4, -0.2) is 48.0 Å². The van der Waals surface area contributed by atoms with Crippen molar-refractivity contribution in [2.24, 2.45) is 0 Å². The van der Waals surface area contributed by atoms with Gasteiger partial charge < -0.3 is 16.0 Å². The number of hydrogen-bond donors (Lipinski definition) is 2. The van der Waals surface area contributed by atoms with E-state index >= 15 is 0 Å². The van der Waals surface area contributed by atoms with Gasteiger partial charge in [0.25, 0.3) is 5.91 Å². The van der Waals surface area contributed by atoms with Crippen LogP contribution in [-0.2, 0) is 0 Å². The Balaban J connectivity index is 1.57. The number of anilines is 1. The number of nitrogens with one attached hydrogen (secondary N) is 1. The van der Waals surface area contributed by atoms with E-state index in [0.717, 1.165) is 38.5 Å². The first-order valence-corrected chi connectivity index (χ1v) is 10.5. The van der Waals surface area contributed by atoms with Crippen molar-refractivity contribution in [3.8, 4) is 21.7 Å². The largest absolute Gasteiger partial charge is 0.383 e. The average molecular weight is 418 g/mol. The third kappa shape index (κ3) is 4.32. The molecule has 4 aromatic rings. The van der Waals surface area contributed by atoms with Gasteiger partial charge in [-0.25, -0.2) is 9.97 Å². The average Bonchev–Trinajstić information content (AvgIpc) is 3.18. The molecule has 0 spiro atoms. The van der Waals surface area contributed by atoms with E-state index in [4.69, 9.17) is 10.7 Å². The maximum atomic E-state index is 12.3. The summed E-state index contributed by atoms with van der Waals surface area (Å²) in [6.45, 7) is 1.41. The number of fused-ring (bicyclic) bond motifs is 1. The van der Waals surface area contributed by atoms with E-state index in [0.29, 0.717) is 17.9 Å². The highest BCUT2D eigenvalue weighted by atomic mass is 32.1. The van der Waals surface area contributed by atoms with E-state index in [9.17, 15) is 4.79 Å². The first-order chi connectivity index (χ1) is 14.5. The molecule has 30 heavy (non-hydrogen) atoms. The smallest absolute Gasteiger partial charge is 0.251 e. The number of pyridine rings is 1. The van der Waals surface area contributed by atoms with Crippen LogP contribution in [0.2, 0.25) is 0 Å². The number of nitrogen functional groups attached to an aromatic ring is 1. The molecule has 2 aromatic carbocycles. The molecule has 7 heteroatoms. The lowest BCUT2D eigenvalue weighted by Gasteiger charge is -2.11. The van der Waals surface area contributed by atoms with Crippen LogP contribution in [0.15, 0.2) is 60.8 Å². The minimum absolute atomic E-state index is 0.0750. The second-order valence-electron chi connectivity index (χ2n) is 7.28. The number of carbonyl (C=O) groups excluding carboxylic acids is 1. The van der Waals surface area contributed by atoms with Crippen LogP contribution in [0.4, 0.5) is 5.82 Å². The van der Waals surface area contributed by atoms with Crippen LogP contribution in [0.25, 0.3) is 31.9 Å². The fourth-order valence-corrected chi connectivity index (χ4v) is 4.09. The highest BCUT2D eigenvalue weighted by molar-refractivity contribution is 7.21. The van der Waals surface area contributed by atoms with Crippen LogP contribution in [0.1, 0.15) is 10.4 Å². The van der Waals surface area contributed by atoms with Gasteiger partial charge in [0.2, 0.25) is 0 Å². The Morgan fingerprint density at radius 3 is 2.60 bits per heavy atom. The zero-order valence-electron chi connectivity index (χ0n) is 16.9. The molecule has 0 radical (unpaired) electrons. The molecule has 0 fully saturated rings. The van der Waals surface area contributed by atoms with Gasteiger partial charge in [-0.1, -0.05) is 24.3 Å². The summed E-state index contributed by atoms with van der Waals surface area (Å²) in [6, 6.07) is 17.5. The third-order valence-electron chi connectivity index (χ3n) is 4.77. The summed E-state index contributed by atoms with van der Waals surface area (Å²) in [5.74, 6) is 0.378. The summed E-state index contributed by atoms with van der Waals surface area (Å²) in [4.78, 5) is 23.4. The maximum Gasteiger partial charge on any atom is 0.251 e. The molecular weight excluding hydrogens is 394 g/mol. The molecule has 0 aliphatic heterocycles. The number of benzene rings is 2. The summed E-state index contributed by atoms with van der Waals surface area (Å²) < 4.78 is 1.11. The number of para-hydroxylation sites is 1. The number of hydrogen-bond acceptors (Lipinski definition) is 6. The van der Waals surface area contributed by atoms with Gasteiger partial charge >= 0.3 is 0 Å². The topological polar surface area (TPSA) is 84.1 Å². The summed E-state index contributed by atoms with van der Waals surface area (Å²) in [5.41, 5.74) is 10.4. The molecule has 1 amide bonds. The van der Waals surface area contributed by atoms with E-state index < -0.39 is 0 Å². The third-order valence-corrected chi connectivity index (χ3v) is 5.84. The second kappa shape index (κ2) is 8.61. The molecule has 0 bridgehead atoms. The SMILES string of the molecule is CN(C)CCNC(=O)c1ccc(-c2cnc(N)c(-c3nc4ccccc4s3)c2)cc1. The Morgan fingerprint density at radius 1 is 1.10 bits per heavy atom. The molecule has 0 saturated heterocycles. The minimum Gasteiger partial charge on any atom is -0.383 e. The van der Waals surface area contributed by atoms with Crippen molar-refractivity contribution in [1.29, 1.82) is 0 Å². The van der Waals surface area contributed by atoms with Gasteiger partial charge in [-0.05, 0) is 50.0 Å². The first-order valence-electron chi connectivity index (χ1n) is 9.66. The molecule has 0 atom stereocenters. The van der Waals surface area contributed by atoms with Crippen molar-refractivity contribution >= 4 is 33.3 Å². The van der Waals surface area contributed by atoms with Crippen molar-refractivity contribution in [3.63, 3.8) is 0 Å². The molecule has 4 rings (SSSR count). The molecule has 0 saturated carbocycles. The van der Waals surface area contributed by atoms with Crippen LogP contribution >= 0.6 is 11.3 Å². The van der Waals surface area contributed by atoms with Gasteiger partial charge in [-0.3, -0.25) is 4.79 Å². The second-order valence-corrected chi connectivity index (χ2v) is 8.31. The molecule has 152 valence electrons. The zero-order valence-corrected chi connectivity index (χ0v) is 17.7. The van der Waals surface area contributed by atoms with Gasteiger partial charge in [-0.2, -0.15) is 0 Å². The summed E-state index contributed by atoms with van der Waals surface area (Å²) in [7, 11) is 3.95. The molecule has 0 aliphatic rings. The predicted octanol–water partition coefficient (Wildman–Crippen LogP) is 3.90. The van der Waals surface area contributed by atoms with Crippen LogP contribution < -0.4 is 11.1 Å². The number of nitrogens with two attached hydrogens (primary N) is 1. The van der Waals surface area contributed by atoms with E-state index in [1.807, 2.05) is 73.6 Å². The van der Waals surface area contributed by atoms with E-state index in [1.165, 1.54) is 0 Å². The number of carbonyl (C=O) groups is 1. The van der Waals surface area contributed by atoms with Crippen molar-refractivity contribution in [2.75, 3.05) is 32.9 Å². The number of thiazole rings is 1. The van der Waals surface area contributed by atoms with Crippen molar-refractivity contribution in [3.05, 3.63) is 66.4 Å². The van der Waals surface area contributed by atoms with E-state index in [-0.39, 0.29) is 5.91 Å². The number of rotatable bonds is 6. The lowest BCUT2D eigenvalue weighted by molar-refractivity contribution is 0.0951. The maximum absolute atomic E-state index is 12.3. The molecular formula is C23H23N5OS. The lowest BCUT2D eigenvalue weighted by Crippen LogP contribution is -2.31. The number of aromatic nitrogens is 2. The molecule has 0 unspecified atom stereocenters. The van der Waals surface area contributed by atoms with Gasteiger partial charge in [0.15, 0.2) is 0 Å². The highest BCUT2D eigenvalue weighted by Crippen LogP contribution is 2.34. The molecule has 3 N–H and O–H groups in total.